The fraction of sp³-hybridized carbons (Fsp3) is 0.500. The Bertz CT molecular complexity index is 615. The van der Waals surface area contributed by atoms with Crippen molar-refractivity contribution >= 4 is 40.7 Å². The van der Waals surface area contributed by atoms with Gasteiger partial charge in [-0.2, -0.15) is 0 Å². The van der Waals surface area contributed by atoms with Gasteiger partial charge in [-0.3, -0.25) is 9.59 Å². The molecule has 0 aliphatic carbocycles. The Balaban J connectivity index is 1.75. The normalized spacial score (nSPS) is 22.3. The number of amides is 2. The van der Waals surface area contributed by atoms with Crippen LogP contribution in [0.25, 0.3) is 0 Å². The van der Waals surface area contributed by atoms with Crippen LogP contribution < -0.4 is 10.2 Å². The highest BCUT2D eigenvalue weighted by atomic mass is 35.5. The summed E-state index contributed by atoms with van der Waals surface area (Å²) in [5.74, 6) is -0.862. The fourth-order valence-electron chi connectivity index (χ4n) is 3.13. The highest BCUT2D eigenvalue weighted by molar-refractivity contribution is 6.36. The molecular formula is C16H19Cl2N3O2. The number of anilines is 1. The molecule has 2 fully saturated rings. The molecule has 23 heavy (non-hydrogen) atoms. The third-order valence-corrected chi connectivity index (χ3v) is 4.91. The van der Waals surface area contributed by atoms with E-state index >= 15 is 0 Å². The monoisotopic (exact) mass is 355 g/mol. The maximum absolute atomic E-state index is 12.7. The summed E-state index contributed by atoms with van der Waals surface area (Å²) in [5, 5.41) is 4.25. The zero-order valence-electron chi connectivity index (χ0n) is 12.7. The molecule has 0 spiro atoms. The Morgan fingerprint density at radius 2 is 2.00 bits per heavy atom. The van der Waals surface area contributed by atoms with Crippen LogP contribution in [0.2, 0.25) is 10.0 Å². The van der Waals surface area contributed by atoms with E-state index in [0.717, 1.165) is 19.5 Å². The number of halogens is 2. The van der Waals surface area contributed by atoms with Crippen molar-refractivity contribution in [3.05, 3.63) is 28.2 Å². The van der Waals surface area contributed by atoms with Crippen LogP contribution >= 0.6 is 23.2 Å². The van der Waals surface area contributed by atoms with Crippen LogP contribution in [0.5, 0.6) is 0 Å². The lowest BCUT2D eigenvalue weighted by molar-refractivity contribution is -0.139. The second-order valence-corrected chi connectivity index (χ2v) is 6.70. The molecule has 1 N–H and O–H groups in total. The Kier molecular flexibility index (Phi) is 5.09. The van der Waals surface area contributed by atoms with E-state index < -0.39 is 5.92 Å². The standard InChI is InChI=1S/C16H19Cl2N3O2/c17-11-2-3-13(18)14(10-11)21-8-4-12(16(21)23)15(22)20-7-1-5-19-6-9-20/h2-3,10,12,19H,1,4-9H2/t12-/m0/s1. The predicted octanol–water partition coefficient (Wildman–Crippen LogP) is 2.17. The van der Waals surface area contributed by atoms with E-state index in [1.165, 1.54) is 0 Å². The lowest BCUT2D eigenvalue weighted by atomic mass is 10.1. The second-order valence-electron chi connectivity index (χ2n) is 5.86. The van der Waals surface area contributed by atoms with Gasteiger partial charge in [-0.05, 0) is 37.6 Å². The van der Waals surface area contributed by atoms with Gasteiger partial charge in [0.15, 0.2) is 0 Å². The van der Waals surface area contributed by atoms with Crippen molar-refractivity contribution in [1.82, 2.24) is 10.2 Å². The summed E-state index contributed by atoms with van der Waals surface area (Å²) >= 11 is 12.2. The topological polar surface area (TPSA) is 52.7 Å². The maximum Gasteiger partial charge on any atom is 0.239 e. The van der Waals surface area contributed by atoms with E-state index in [1.54, 1.807) is 28.0 Å². The molecule has 2 saturated heterocycles. The smallest absolute Gasteiger partial charge is 0.239 e. The second kappa shape index (κ2) is 7.07. The number of nitrogens with zero attached hydrogens (tertiary/aromatic N) is 2. The summed E-state index contributed by atoms with van der Waals surface area (Å²) in [6, 6.07) is 5.02. The van der Waals surface area contributed by atoms with Gasteiger partial charge in [-0.1, -0.05) is 23.2 Å². The zero-order valence-corrected chi connectivity index (χ0v) is 14.2. The van der Waals surface area contributed by atoms with Crippen LogP contribution in [0, 0.1) is 5.92 Å². The molecule has 2 aliphatic heterocycles. The fourth-order valence-corrected chi connectivity index (χ4v) is 3.51. The molecule has 0 bridgehead atoms. The molecule has 0 unspecified atom stereocenters. The van der Waals surface area contributed by atoms with Crippen molar-refractivity contribution < 1.29 is 9.59 Å². The number of rotatable bonds is 2. The predicted molar refractivity (Wildman–Crippen MR) is 91.0 cm³/mol. The van der Waals surface area contributed by atoms with E-state index in [9.17, 15) is 9.59 Å². The van der Waals surface area contributed by atoms with Crippen molar-refractivity contribution in [3.63, 3.8) is 0 Å². The Hall–Kier alpha value is -1.30. The molecular weight excluding hydrogens is 337 g/mol. The number of nitrogens with one attached hydrogen (secondary N) is 1. The highest BCUT2D eigenvalue weighted by Crippen LogP contribution is 2.34. The Morgan fingerprint density at radius 3 is 2.83 bits per heavy atom. The van der Waals surface area contributed by atoms with Crippen molar-refractivity contribution in [2.24, 2.45) is 5.92 Å². The molecule has 7 heteroatoms. The molecule has 0 saturated carbocycles. The van der Waals surface area contributed by atoms with Crippen molar-refractivity contribution in [2.45, 2.75) is 12.8 Å². The molecule has 0 aromatic heterocycles. The first-order chi connectivity index (χ1) is 11.1. The average Bonchev–Trinajstić information content (AvgIpc) is 2.76. The lowest BCUT2D eigenvalue weighted by Crippen LogP contribution is -2.41. The minimum Gasteiger partial charge on any atom is -0.341 e. The first kappa shape index (κ1) is 16.6. The van der Waals surface area contributed by atoms with Gasteiger partial charge < -0.3 is 15.1 Å². The van der Waals surface area contributed by atoms with Crippen molar-refractivity contribution in [3.8, 4) is 0 Å². The number of carbonyl (C=O) groups excluding carboxylic acids is 2. The largest absolute Gasteiger partial charge is 0.341 e. The van der Waals surface area contributed by atoms with Crippen LogP contribution in [0.3, 0.4) is 0 Å². The molecule has 1 aromatic carbocycles. The van der Waals surface area contributed by atoms with Gasteiger partial charge in [0, 0.05) is 31.2 Å². The summed E-state index contributed by atoms with van der Waals surface area (Å²) < 4.78 is 0. The molecule has 2 aliphatic rings. The van der Waals surface area contributed by atoms with Crippen LogP contribution in [-0.2, 0) is 9.59 Å². The van der Waals surface area contributed by atoms with E-state index in [-0.39, 0.29) is 11.8 Å². The first-order valence-electron chi connectivity index (χ1n) is 7.84. The van der Waals surface area contributed by atoms with Crippen molar-refractivity contribution in [2.75, 3.05) is 37.6 Å². The molecule has 0 radical (unpaired) electrons. The van der Waals surface area contributed by atoms with Crippen LogP contribution in [0.1, 0.15) is 12.8 Å². The quantitative estimate of drug-likeness (QED) is 0.827. The van der Waals surface area contributed by atoms with Crippen molar-refractivity contribution in [1.29, 1.82) is 0 Å². The number of hydrogen-bond acceptors (Lipinski definition) is 3. The van der Waals surface area contributed by atoms with E-state index in [1.807, 2.05) is 0 Å². The van der Waals surface area contributed by atoms with Crippen LogP contribution in [0.4, 0.5) is 5.69 Å². The summed E-state index contributed by atoms with van der Waals surface area (Å²) in [6.07, 6.45) is 1.43. The highest BCUT2D eigenvalue weighted by Gasteiger charge is 2.40. The first-order valence-corrected chi connectivity index (χ1v) is 8.59. The van der Waals surface area contributed by atoms with Gasteiger partial charge in [-0.25, -0.2) is 0 Å². The molecule has 2 heterocycles. The van der Waals surface area contributed by atoms with Gasteiger partial charge in [0.2, 0.25) is 11.8 Å². The average molecular weight is 356 g/mol. The third-order valence-electron chi connectivity index (χ3n) is 4.35. The van der Waals surface area contributed by atoms with E-state index in [4.69, 9.17) is 23.2 Å². The Labute approximate surface area is 145 Å². The molecule has 3 rings (SSSR count). The van der Waals surface area contributed by atoms with Gasteiger partial charge in [-0.15, -0.1) is 0 Å². The third kappa shape index (κ3) is 3.47. The molecule has 124 valence electrons. The molecule has 5 nitrogen and oxygen atoms in total. The van der Waals surface area contributed by atoms with Gasteiger partial charge in [0.05, 0.1) is 10.7 Å². The molecule has 1 aromatic rings. The zero-order chi connectivity index (χ0) is 16.4. The maximum atomic E-state index is 12.7. The lowest BCUT2D eigenvalue weighted by Gasteiger charge is -2.23. The summed E-state index contributed by atoms with van der Waals surface area (Å²) in [5.41, 5.74) is 0.581. The van der Waals surface area contributed by atoms with Gasteiger partial charge in [0.25, 0.3) is 0 Å². The van der Waals surface area contributed by atoms with E-state index in [2.05, 4.69) is 5.32 Å². The van der Waals surface area contributed by atoms with Crippen LogP contribution in [0.15, 0.2) is 18.2 Å². The van der Waals surface area contributed by atoms with Gasteiger partial charge in [0.1, 0.15) is 5.92 Å². The molecule has 2 amide bonds. The Morgan fingerprint density at radius 1 is 1.17 bits per heavy atom. The molecule has 1 atom stereocenters. The summed E-state index contributed by atoms with van der Waals surface area (Å²) in [6.45, 7) is 3.53. The SMILES string of the molecule is O=C([C@@H]1CCN(c2cc(Cl)ccc2Cl)C1=O)N1CCCNCC1. The number of carbonyl (C=O) groups is 2. The van der Waals surface area contributed by atoms with Crippen LogP contribution in [-0.4, -0.2) is 49.4 Å². The summed E-state index contributed by atoms with van der Waals surface area (Å²) in [7, 11) is 0. The number of hydrogen-bond donors (Lipinski definition) is 1. The summed E-state index contributed by atoms with van der Waals surface area (Å²) in [4.78, 5) is 28.8. The van der Waals surface area contributed by atoms with E-state index in [0.29, 0.717) is 41.8 Å². The number of benzene rings is 1. The minimum absolute atomic E-state index is 0.0700. The van der Waals surface area contributed by atoms with Gasteiger partial charge >= 0.3 is 0 Å². The minimum atomic E-state index is -0.608.